The van der Waals surface area contributed by atoms with Crippen molar-refractivity contribution in [1.82, 2.24) is 9.13 Å². The quantitative estimate of drug-likeness (QED) is 0.115. The van der Waals surface area contributed by atoms with Crippen LogP contribution in [0.4, 0.5) is 17.1 Å². The van der Waals surface area contributed by atoms with Crippen molar-refractivity contribution in [3.05, 3.63) is 319 Å². The summed E-state index contributed by atoms with van der Waals surface area (Å²) in [5, 5.41) is 7.66. The van der Waals surface area contributed by atoms with Gasteiger partial charge in [-0.3, -0.25) is 0 Å². The smallest absolute Gasteiger partial charge is 0.179 e. The Hall–Kier alpha value is -9.74. The molecule has 1 spiro atoms. The standard InChI is InChI=1S/C73H49N3Si/c1-5-24-51(25-6-1)74-69-42-21-16-36-61(69)73(62-37-17-22-43-70(62)74)63-46-45-55(77(52-26-7-2-8-27-52,53-28-9-3-10-29-53)54-30-11-4-12-31-54)49-71(63)76-68-47-44-50(48-60(68)59-35-23-38-64(73)72(59)76)56-32-13-18-39-65(56)75-66-40-19-14-33-57(66)58-34-15-20-41-67(58)75/h1-49H/i2D,7D,8D,26D,27D. The van der Waals surface area contributed by atoms with Gasteiger partial charge in [0.25, 0.3) is 0 Å². The fourth-order valence-electron chi connectivity index (χ4n) is 13.7. The minimum Gasteiger partial charge on any atom is -0.310 e. The van der Waals surface area contributed by atoms with Gasteiger partial charge in [-0.25, -0.2) is 0 Å². The van der Waals surface area contributed by atoms with E-state index in [1.54, 1.807) is 0 Å². The van der Waals surface area contributed by atoms with Gasteiger partial charge in [-0.05, 0) is 109 Å². The van der Waals surface area contributed by atoms with Crippen molar-refractivity contribution < 1.29 is 6.85 Å². The second-order valence-electron chi connectivity index (χ2n) is 20.3. The van der Waals surface area contributed by atoms with Gasteiger partial charge in [0.1, 0.15) is 0 Å². The van der Waals surface area contributed by atoms with Crippen molar-refractivity contribution in [2.24, 2.45) is 0 Å². The summed E-state index contributed by atoms with van der Waals surface area (Å²) in [7, 11) is -3.86. The van der Waals surface area contributed by atoms with Gasteiger partial charge >= 0.3 is 0 Å². The predicted molar refractivity (Wildman–Crippen MR) is 324 cm³/mol. The average Bonchev–Trinajstić information content (AvgIpc) is 1.74. The molecular formula is C73H49N3Si. The number of hydrogen-bond acceptors (Lipinski definition) is 1. The SMILES string of the molecule is [2H]c1c([2H])c([2H])c([Si](c2ccccc2)(c2ccccc2)c2ccc3c(c2)-n2c4ccc(-c5ccccc5-n5c6ccccc6c6ccccc65)cc4c4cccc(c42)C32c3ccccc3N(c3ccccc3)c3ccccc32)c([2H])c1[2H]. The van der Waals surface area contributed by atoms with Crippen LogP contribution in [0.25, 0.3) is 66.1 Å². The Labute approximate surface area is 455 Å². The van der Waals surface area contributed by atoms with Crippen LogP contribution in [-0.2, 0) is 5.41 Å². The average molecular weight is 1000 g/mol. The number of rotatable bonds is 7. The lowest BCUT2D eigenvalue weighted by molar-refractivity contribution is 0.716. The van der Waals surface area contributed by atoms with Gasteiger partial charge in [0, 0.05) is 32.8 Å². The molecule has 3 nitrogen and oxygen atoms in total. The van der Waals surface area contributed by atoms with Crippen LogP contribution in [0.5, 0.6) is 0 Å². The lowest BCUT2D eigenvalue weighted by Gasteiger charge is -2.49. The van der Waals surface area contributed by atoms with Gasteiger partial charge in [0.05, 0.1) is 57.1 Å². The van der Waals surface area contributed by atoms with Crippen molar-refractivity contribution in [3.63, 3.8) is 0 Å². The zero-order valence-corrected chi connectivity index (χ0v) is 42.7. The number of anilines is 3. The fourth-order valence-corrected chi connectivity index (χ4v) is 18.2. The molecule has 0 aliphatic carbocycles. The van der Waals surface area contributed by atoms with Crippen LogP contribution in [0, 0.1) is 0 Å². The van der Waals surface area contributed by atoms with Crippen LogP contribution in [-0.4, -0.2) is 17.2 Å². The molecule has 0 saturated heterocycles. The summed E-state index contributed by atoms with van der Waals surface area (Å²) in [4.78, 5) is 2.40. The molecule has 2 aromatic heterocycles. The maximum absolute atomic E-state index is 9.89. The Morgan fingerprint density at radius 1 is 0.325 bits per heavy atom. The van der Waals surface area contributed by atoms with Crippen LogP contribution in [0.1, 0.15) is 29.1 Å². The molecule has 0 fully saturated rings. The van der Waals surface area contributed by atoms with Crippen molar-refractivity contribution in [2.45, 2.75) is 5.41 Å². The third-order valence-electron chi connectivity index (χ3n) is 16.7. The summed E-state index contributed by atoms with van der Waals surface area (Å²) in [5.74, 6) is 0. The molecule has 0 unspecified atom stereocenters. The van der Waals surface area contributed by atoms with Crippen LogP contribution >= 0.6 is 0 Å². The highest BCUT2D eigenvalue weighted by Crippen LogP contribution is 2.62. The van der Waals surface area contributed by atoms with Gasteiger partial charge in [-0.15, -0.1) is 0 Å². The molecule has 4 heterocycles. The molecule has 12 aromatic carbocycles. The molecule has 0 N–H and O–H groups in total. The minimum atomic E-state index is -3.86. The first-order chi connectivity index (χ1) is 40.3. The monoisotopic (exact) mass is 1000 g/mol. The molecule has 0 amide bonds. The number of para-hydroxylation sites is 7. The second kappa shape index (κ2) is 16.9. The van der Waals surface area contributed by atoms with Gasteiger partial charge < -0.3 is 14.0 Å². The zero-order chi connectivity index (χ0) is 55.0. The van der Waals surface area contributed by atoms with Crippen molar-refractivity contribution in [1.29, 1.82) is 0 Å². The van der Waals surface area contributed by atoms with Crippen LogP contribution in [0.15, 0.2) is 297 Å². The normalized spacial score (nSPS) is 14.2. The third-order valence-corrected chi connectivity index (χ3v) is 21.3. The number of nitrogens with zero attached hydrogens (tertiary/aromatic N) is 3. The van der Waals surface area contributed by atoms with Crippen molar-refractivity contribution >= 4 is 89.5 Å². The third kappa shape index (κ3) is 6.02. The Morgan fingerprint density at radius 3 is 1.51 bits per heavy atom. The largest absolute Gasteiger partial charge is 0.310 e. The first kappa shape index (κ1) is 38.8. The lowest BCUT2D eigenvalue weighted by Crippen LogP contribution is -2.74. The highest BCUT2D eigenvalue weighted by molar-refractivity contribution is 7.19. The number of aromatic nitrogens is 2. The van der Waals surface area contributed by atoms with Gasteiger partial charge in [0.15, 0.2) is 8.07 Å². The number of hydrogen-bond donors (Lipinski definition) is 0. The molecule has 360 valence electrons. The maximum Gasteiger partial charge on any atom is 0.179 e. The van der Waals surface area contributed by atoms with E-state index in [4.69, 9.17) is 1.37 Å². The van der Waals surface area contributed by atoms with E-state index in [1.807, 2.05) is 36.4 Å². The lowest BCUT2D eigenvalue weighted by atomic mass is 9.60. The minimum absolute atomic E-state index is 0.191. The zero-order valence-electron chi connectivity index (χ0n) is 46.7. The molecule has 0 radical (unpaired) electrons. The molecular weight excluding hydrogens is 947 g/mol. The van der Waals surface area contributed by atoms with E-state index in [0.717, 1.165) is 110 Å². The molecule has 2 aliphatic heterocycles. The molecule has 2 aliphatic rings. The van der Waals surface area contributed by atoms with E-state index in [2.05, 4.69) is 245 Å². The molecule has 4 heteroatoms. The summed E-state index contributed by atoms with van der Waals surface area (Å²) in [6, 6.07) is 93.9. The van der Waals surface area contributed by atoms with Crippen LogP contribution in [0.3, 0.4) is 0 Å². The van der Waals surface area contributed by atoms with Gasteiger partial charge in [0.2, 0.25) is 0 Å². The highest BCUT2D eigenvalue weighted by Gasteiger charge is 2.52. The number of fused-ring (bicyclic) bond motifs is 14. The van der Waals surface area contributed by atoms with E-state index in [9.17, 15) is 5.48 Å². The molecule has 0 saturated carbocycles. The molecule has 16 rings (SSSR count). The van der Waals surface area contributed by atoms with E-state index in [0.29, 0.717) is 5.19 Å². The first-order valence-electron chi connectivity index (χ1n) is 28.9. The van der Waals surface area contributed by atoms with Crippen LogP contribution < -0.4 is 25.6 Å². The Balaban J connectivity index is 1.05. The summed E-state index contributed by atoms with van der Waals surface area (Å²) >= 11 is 0. The highest BCUT2D eigenvalue weighted by atomic mass is 28.3. The number of benzene rings is 12. The van der Waals surface area contributed by atoms with Gasteiger partial charge in [-0.2, -0.15) is 0 Å². The summed E-state index contributed by atoms with van der Waals surface area (Å²) in [6.07, 6.45) is 0. The van der Waals surface area contributed by atoms with Crippen molar-refractivity contribution in [2.75, 3.05) is 4.90 Å². The van der Waals surface area contributed by atoms with Crippen LogP contribution in [0.2, 0.25) is 0 Å². The van der Waals surface area contributed by atoms with E-state index in [1.165, 1.54) is 10.8 Å². The molecule has 0 atom stereocenters. The Bertz CT molecular complexity index is 4790. The van der Waals surface area contributed by atoms with E-state index >= 15 is 0 Å². The molecule has 0 bridgehead atoms. The van der Waals surface area contributed by atoms with Gasteiger partial charge in [-0.1, -0.05) is 236 Å². The maximum atomic E-state index is 9.89. The summed E-state index contributed by atoms with van der Waals surface area (Å²) < 4.78 is 52.0. The van der Waals surface area contributed by atoms with Crippen molar-refractivity contribution in [3.8, 4) is 22.5 Å². The first-order valence-corrected chi connectivity index (χ1v) is 28.4. The second-order valence-corrected chi connectivity index (χ2v) is 24.1. The predicted octanol–water partition coefficient (Wildman–Crippen LogP) is 15.4. The van der Waals surface area contributed by atoms with E-state index in [-0.39, 0.29) is 24.2 Å². The molecule has 14 aromatic rings. The topological polar surface area (TPSA) is 13.1 Å². The van der Waals surface area contributed by atoms with E-state index < -0.39 is 19.5 Å². The Kier molecular flexibility index (Phi) is 8.51. The fraction of sp³-hybridized carbons (Fsp3) is 0.0137. The summed E-state index contributed by atoms with van der Waals surface area (Å²) in [6.45, 7) is 0. The Morgan fingerprint density at radius 2 is 0.844 bits per heavy atom. The summed E-state index contributed by atoms with van der Waals surface area (Å²) in [5.41, 5.74) is 15.5. The molecule has 77 heavy (non-hydrogen) atoms.